The highest BCUT2D eigenvalue weighted by molar-refractivity contribution is 5.94. The summed E-state index contributed by atoms with van der Waals surface area (Å²) < 4.78 is 5.18. The maximum absolute atomic E-state index is 11.7. The molecule has 158 valence electrons. The van der Waals surface area contributed by atoms with E-state index in [1.807, 2.05) is 24.0 Å². The maximum Gasteiger partial charge on any atom is 0.336 e. The molecule has 1 N–H and O–H groups in total. The highest BCUT2D eigenvalue weighted by atomic mass is 16.6. The zero-order chi connectivity index (χ0) is 21.7. The molecule has 2 aromatic rings. The number of carbonyl (C=O) groups is 1. The third-order valence-corrected chi connectivity index (χ3v) is 5.16. The third-order valence-electron chi connectivity index (χ3n) is 5.16. The molecular weight excluding hydrogens is 386 g/mol. The van der Waals surface area contributed by atoms with Crippen molar-refractivity contribution in [3.05, 3.63) is 69.5 Å². The van der Waals surface area contributed by atoms with E-state index in [0.717, 1.165) is 11.8 Å². The fraction of sp³-hybridized carbons (Fsp3) is 0.318. The first kappa shape index (κ1) is 21.2. The third kappa shape index (κ3) is 4.53. The van der Waals surface area contributed by atoms with Gasteiger partial charge in [-0.15, -0.1) is 0 Å². The molecule has 8 nitrogen and oxygen atoms in total. The quantitative estimate of drug-likeness (QED) is 0.419. The summed E-state index contributed by atoms with van der Waals surface area (Å²) in [5.41, 5.74) is 2.81. The first-order chi connectivity index (χ1) is 14.4. The van der Waals surface area contributed by atoms with Crippen LogP contribution in [0.5, 0.6) is 0 Å². The summed E-state index contributed by atoms with van der Waals surface area (Å²) in [7, 11) is 0. The largest absolute Gasteiger partial charge is 0.501 e. The SMILES string of the molecule is CCO/C=C/c1cc(N2CCN(c3ccccc3C)CC2)c([N+](=O)[O-])cc1C(=O)O. The van der Waals surface area contributed by atoms with E-state index in [2.05, 4.69) is 24.0 Å². The number of para-hydroxylation sites is 1. The lowest BCUT2D eigenvalue weighted by molar-refractivity contribution is -0.384. The molecule has 0 spiro atoms. The minimum atomic E-state index is -1.22. The summed E-state index contributed by atoms with van der Waals surface area (Å²) in [6.45, 7) is 6.94. The number of aromatic carboxylic acids is 1. The number of nitro benzene ring substituents is 1. The van der Waals surface area contributed by atoms with E-state index in [4.69, 9.17) is 4.74 Å². The number of carboxylic acids is 1. The van der Waals surface area contributed by atoms with E-state index in [1.165, 1.54) is 17.9 Å². The number of carboxylic acid groups (broad SMARTS) is 1. The van der Waals surface area contributed by atoms with Crippen molar-refractivity contribution in [1.82, 2.24) is 0 Å². The number of nitro groups is 1. The molecule has 2 aromatic carbocycles. The Balaban J connectivity index is 1.91. The van der Waals surface area contributed by atoms with Crippen LogP contribution in [-0.4, -0.2) is 48.8 Å². The van der Waals surface area contributed by atoms with Crippen molar-refractivity contribution in [3.8, 4) is 0 Å². The van der Waals surface area contributed by atoms with Gasteiger partial charge in [-0.05, 0) is 43.2 Å². The smallest absolute Gasteiger partial charge is 0.336 e. The van der Waals surface area contributed by atoms with Crippen LogP contribution in [0.4, 0.5) is 17.1 Å². The van der Waals surface area contributed by atoms with Crippen LogP contribution in [0.1, 0.15) is 28.4 Å². The highest BCUT2D eigenvalue weighted by Crippen LogP contribution is 2.34. The van der Waals surface area contributed by atoms with Crippen molar-refractivity contribution in [3.63, 3.8) is 0 Å². The van der Waals surface area contributed by atoms with Crippen molar-refractivity contribution >= 4 is 29.1 Å². The Morgan fingerprint density at radius 1 is 1.17 bits per heavy atom. The molecule has 0 radical (unpaired) electrons. The second kappa shape index (κ2) is 9.30. The van der Waals surface area contributed by atoms with E-state index in [9.17, 15) is 20.0 Å². The summed E-state index contributed by atoms with van der Waals surface area (Å²) in [6.07, 6.45) is 2.94. The molecule has 0 atom stereocenters. The lowest BCUT2D eigenvalue weighted by Crippen LogP contribution is -2.47. The van der Waals surface area contributed by atoms with Gasteiger partial charge in [0, 0.05) is 37.9 Å². The van der Waals surface area contributed by atoms with Crippen molar-refractivity contribution < 1.29 is 19.6 Å². The molecule has 1 saturated heterocycles. The molecule has 0 bridgehead atoms. The van der Waals surface area contributed by atoms with Crippen LogP contribution in [0.25, 0.3) is 6.08 Å². The molecule has 1 aliphatic rings. The second-order valence-electron chi connectivity index (χ2n) is 7.01. The average Bonchev–Trinajstić information content (AvgIpc) is 2.74. The standard InChI is InChI=1S/C22H25N3O5/c1-3-30-13-8-17-14-20(21(25(28)29)15-18(17)22(26)27)24-11-9-23(10-12-24)19-7-5-4-6-16(19)2/h4-8,13-15H,3,9-12H2,1-2H3,(H,26,27)/b13-8+. The van der Waals surface area contributed by atoms with Crippen molar-refractivity contribution in [2.75, 3.05) is 42.6 Å². The van der Waals surface area contributed by atoms with Gasteiger partial charge in [0.25, 0.3) is 5.69 Å². The van der Waals surface area contributed by atoms with Gasteiger partial charge < -0.3 is 19.6 Å². The number of hydrogen-bond donors (Lipinski definition) is 1. The number of nitrogens with zero attached hydrogens (tertiary/aromatic N) is 3. The minimum Gasteiger partial charge on any atom is -0.501 e. The molecular formula is C22H25N3O5. The van der Waals surface area contributed by atoms with Crippen LogP contribution in [0.3, 0.4) is 0 Å². The zero-order valence-corrected chi connectivity index (χ0v) is 17.1. The van der Waals surface area contributed by atoms with E-state index in [-0.39, 0.29) is 11.3 Å². The molecule has 0 saturated carbocycles. The van der Waals surface area contributed by atoms with Gasteiger partial charge >= 0.3 is 5.97 Å². The van der Waals surface area contributed by atoms with Gasteiger partial charge in [-0.3, -0.25) is 10.1 Å². The zero-order valence-electron chi connectivity index (χ0n) is 17.1. The number of ether oxygens (including phenoxy) is 1. The first-order valence-electron chi connectivity index (χ1n) is 9.81. The van der Waals surface area contributed by atoms with Gasteiger partial charge in [-0.1, -0.05) is 18.2 Å². The fourth-order valence-corrected chi connectivity index (χ4v) is 3.64. The van der Waals surface area contributed by atoms with Crippen LogP contribution >= 0.6 is 0 Å². The Hall–Kier alpha value is -3.55. The molecule has 1 heterocycles. The Labute approximate surface area is 175 Å². The van der Waals surface area contributed by atoms with Crippen LogP contribution < -0.4 is 9.80 Å². The molecule has 0 unspecified atom stereocenters. The summed E-state index contributed by atoms with van der Waals surface area (Å²) in [4.78, 5) is 27.0. The Morgan fingerprint density at radius 3 is 2.37 bits per heavy atom. The van der Waals surface area contributed by atoms with E-state index < -0.39 is 10.9 Å². The van der Waals surface area contributed by atoms with Gasteiger partial charge in [0.2, 0.25) is 0 Å². The van der Waals surface area contributed by atoms with E-state index in [1.54, 1.807) is 6.07 Å². The number of benzene rings is 2. The monoisotopic (exact) mass is 411 g/mol. The predicted octanol–water partition coefficient (Wildman–Crippen LogP) is 3.94. The number of piperazine rings is 1. The van der Waals surface area contributed by atoms with Gasteiger partial charge in [0.05, 0.1) is 23.4 Å². The van der Waals surface area contributed by atoms with Gasteiger partial charge in [0.1, 0.15) is 5.69 Å². The fourth-order valence-electron chi connectivity index (χ4n) is 3.64. The van der Waals surface area contributed by atoms with Crippen molar-refractivity contribution in [1.29, 1.82) is 0 Å². The normalized spacial score (nSPS) is 14.2. The van der Waals surface area contributed by atoms with Crippen LogP contribution in [0.2, 0.25) is 0 Å². The lowest BCUT2D eigenvalue weighted by Gasteiger charge is -2.37. The van der Waals surface area contributed by atoms with Crippen LogP contribution in [0.15, 0.2) is 42.7 Å². The minimum absolute atomic E-state index is 0.125. The summed E-state index contributed by atoms with van der Waals surface area (Å²) in [6, 6.07) is 10.8. The molecule has 30 heavy (non-hydrogen) atoms. The molecule has 0 aliphatic carbocycles. The van der Waals surface area contributed by atoms with Gasteiger partial charge in [-0.2, -0.15) is 0 Å². The second-order valence-corrected chi connectivity index (χ2v) is 7.01. The van der Waals surface area contributed by atoms with E-state index in [0.29, 0.717) is 44.0 Å². The van der Waals surface area contributed by atoms with Gasteiger partial charge in [-0.25, -0.2) is 4.79 Å². The van der Waals surface area contributed by atoms with Crippen LogP contribution in [-0.2, 0) is 4.74 Å². The average molecular weight is 411 g/mol. The van der Waals surface area contributed by atoms with Crippen molar-refractivity contribution in [2.45, 2.75) is 13.8 Å². The topological polar surface area (TPSA) is 96.1 Å². The molecule has 1 aliphatic heterocycles. The Bertz CT molecular complexity index is 965. The maximum atomic E-state index is 11.7. The predicted molar refractivity (Wildman–Crippen MR) is 116 cm³/mol. The van der Waals surface area contributed by atoms with E-state index >= 15 is 0 Å². The lowest BCUT2D eigenvalue weighted by atomic mass is 10.0. The summed E-state index contributed by atoms with van der Waals surface area (Å²) >= 11 is 0. The Kier molecular flexibility index (Phi) is 6.56. The molecule has 0 aromatic heterocycles. The molecule has 8 heteroatoms. The molecule has 1 fully saturated rings. The number of aryl methyl sites for hydroxylation is 1. The summed E-state index contributed by atoms with van der Waals surface area (Å²) in [5, 5.41) is 21.2. The summed E-state index contributed by atoms with van der Waals surface area (Å²) in [5.74, 6) is -1.22. The highest BCUT2D eigenvalue weighted by Gasteiger charge is 2.27. The number of hydrogen-bond acceptors (Lipinski definition) is 6. The number of anilines is 2. The first-order valence-corrected chi connectivity index (χ1v) is 9.81. The Morgan fingerprint density at radius 2 is 1.80 bits per heavy atom. The molecule has 3 rings (SSSR count). The van der Waals surface area contributed by atoms with Gasteiger partial charge in [0.15, 0.2) is 0 Å². The molecule has 0 amide bonds. The van der Waals surface area contributed by atoms with Crippen molar-refractivity contribution in [2.24, 2.45) is 0 Å². The number of rotatable bonds is 7. The van der Waals surface area contributed by atoms with Crippen LogP contribution in [0, 0.1) is 17.0 Å².